The fourth-order valence-electron chi connectivity index (χ4n) is 4.36. The molecule has 0 amide bonds. The first-order valence-electron chi connectivity index (χ1n) is 12.9. The summed E-state index contributed by atoms with van der Waals surface area (Å²) in [4.78, 5) is 1.40. The maximum atomic E-state index is 15.1. The van der Waals surface area contributed by atoms with Crippen molar-refractivity contribution in [3.05, 3.63) is 101 Å². The molecule has 2 N–H and O–H groups in total. The van der Waals surface area contributed by atoms with Crippen molar-refractivity contribution < 1.29 is 38.1 Å². The van der Waals surface area contributed by atoms with Crippen LogP contribution in [0.4, 0.5) is 4.39 Å². The highest BCUT2D eigenvalue weighted by Gasteiger charge is 2.29. The van der Waals surface area contributed by atoms with Crippen molar-refractivity contribution in [3.8, 4) is 22.6 Å². The second-order valence-corrected chi connectivity index (χ2v) is 9.28. The summed E-state index contributed by atoms with van der Waals surface area (Å²) >= 11 is 0. The number of ether oxygens (including phenoxy) is 3. The van der Waals surface area contributed by atoms with Crippen LogP contribution >= 0.6 is 0 Å². The summed E-state index contributed by atoms with van der Waals surface area (Å²) in [5.41, 5.74) is 4.62. The Labute approximate surface area is 234 Å². The van der Waals surface area contributed by atoms with Gasteiger partial charge in [-0.3, -0.25) is 0 Å². The molecule has 0 fully saturated rings. The smallest absolute Gasteiger partial charge is 0.494 e. The lowest BCUT2D eigenvalue weighted by atomic mass is 9.79. The van der Waals surface area contributed by atoms with E-state index >= 15 is 4.39 Å². The van der Waals surface area contributed by atoms with E-state index in [4.69, 9.17) is 23.5 Å². The van der Waals surface area contributed by atoms with Crippen LogP contribution in [0.1, 0.15) is 23.6 Å². The second kappa shape index (κ2) is 13.2. The van der Waals surface area contributed by atoms with Crippen molar-refractivity contribution in [2.24, 2.45) is 0 Å². The number of nitrogens with zero attached hydrogens (tertiary/aromatic N) is 1. The molecule has 4 rings (SSSR count). The Kier molecular flexibility index (Phi) is 9.45. The molecule has 0 radical (unpaired) electrons. The van der Waals surface area contributed by atoms with Crippen LogP contribution in [0.2, 0.25) is 0 Å². The molecular weight excluding hydrogens is 516 g/mol. The average Bonchev–Trinajstić information content (AvgIpc) is 2.92. The fourth-order valence-corrected chi connectivity index (χ4v) is 4.36. The Morgan fingerprint density at radius 1 is 0.925 bits per heavy atom. The van der Waals surface area contributed by atoms with E-state index in [1.54, 1.807) is 44.3 Å². The van der Waals surface area contributed by atoms with Crippen LogP contribution in [0.25, 0.3) is 11.1 Å². The summed E-state index contributed by atoms with van der Waals surface area (Å²) in [7, 11) is 0.569. The Hall–Kier alpha value is -4.31. The number of halogens is 1. The summed E-state index contributed by atoms with van der Waals surface area (Å²) in [6, 6.07) is 16.4. The van der Waals surface area contributed by atoms with E-state index in [-0.39, 0.29) is 30.1 Å². The van der Waals surface area contributed by atoms with Gasteiger partial charge in [0.1, 0.15) is 19.0 Å². The Morgan fingerprint density at radius 3 is 2.30 bits per heavy atom. The number of aliphatic hydroxyl groups is 2. The molecule has 0 unspecified atom stereocenters. The minimum Gasteiger partial charge on any atom is -0.494 e. The van der Waals surface area contributed by atoms with Crippen LogP contribution < -0.4 is 14.9 Å². The number of hydrogen-bond acceptors (Lipinski definition) is 8. The molecule has 0 saturated heterocycles. The maximum absolute atomic E-state index is 15.1. The van der Waals surface area contributed by atoms with Crippen LogP contribution in [0.5, 0.6) is 11.5 Å². The highest BCUT2D eigenvalue weighted by Crippen LogP contribution is 2.34. The molecule has 1 aliphatic heterocycles. The fraction of sp³-hybridized carbons (Fsp3) is 0.267. The van der Waals surface area contributed by atoms with Gasteiger partial charge in [-0.15, -0.1) is 0 Å². The summed E-state index contributed by atoms with van der Waals surface area (Å²) < 4.78 is 42.7. The van der Waals surface area contributed by atoms with E-state index in [1.807, 2.05) is 38.1 Å². The molecule has 10 heteroatoms. The van der Waals surface area contributed by atoms with E-state index < -0.39 is 7.12 Å². The molecule has 0 saturated carbocycles. The first kappa shape index (κ1) is 28.7. The third-order valence-electron chi connectivity index (χ3n) is 6.21. The van der Waals surface area contributed by atoms with Crippen LogP contribution in [-0.2, 0) is 20.7 Å². The predicted molar refractivity (Wildman–Crippen MR) is 151 cm³/mol. The molecular formula is C30H33BFNO7. The third-order valence-corrected chi connectivity index (χ3v) is 6.21. The SMILES string of the molecule is CCOCCOc1cc(C)c(-c2cccc(COc3ccc(B4O/C(O)=C\N(C)/C=C(/O)O4)cc3)c2)c(C)c1F. The molecule has 210 valence electrons. The lowest BCUT2D eigenvalue weighted by molar-refractivity contribution is 0.108. The van der Waals surface area contributed by atoms with Crippen molar-refractivity contribution in [3.63, 3.8) is 0 Å². The van der Waals surface area contributed by atoms with Crippen molar-refractivity contribution >= 4 is 12.6 Å². The Balaban J connectivity index is 1.43. The zero-order valence-corrected chi connectivity index (χ0v) is 23.0. The van der Waals surface area contributed by atoms with Crippen molar-refractivity contribution in [1.82, 2.24) is 4.90 Å². The lowest BCUT2D eigenvalue weighted by Crippen LogP contribution is -2.37. The minimum absolute atomic E-state index is 0.224. The molecule has 0 aliphatic carbocycles. The van der Waals surface area contributed by atoms with Crippen LogP contribution in [-0.4, -0.2) is 49.1 Å². The Bertz CT molecular complexity index is 1360. The van der Waals surface area contributed by atoms with Gasteiger partial charge in [-0.05, 0) is 72.9 Å². The lowest BCUT2D eigenvalue weighted by Gasteiger charge is -2.20. The van der Waals surface area contributed by atoms with Gasteiger partial charge >= 0.3 is 7.12 Å². The van der Waals surface area contributed by atoms with Crippen molar-refractivity contribution in [2.45, 2.75) is 27.4 Å². The van der Waals surface area contributed by atoms with Gasteiger partial charge in [0.25, 0.3) is 11.9 Å². The van der Waals surface area contributed by atoms with E-state index in [1.165, 1.54) is 17.3 Å². The third kappa shape index (κ3) is 7.21. The summed E-state index contributed by atoms with van der Waals surface area (Å²) in [6.45, 7) is 7.17. The van der Waals surface area contributed by atoms with Crippen LogP contribution in [0.3, 0.4) is 0 Å². The number of rotatable bonds is 10. The number of hydrogen-bond donors (Lipinski definition) is 2. The van der Waals surface area contributed by atoms with E-state index in [0.29, 0.717) is 36.6 Å². The maximum Gasteiger partial charge on any atom is 0.636 e. The predicted octanol–water partition coefficient (Wildman–Crippen LogP) is 5.49. The molecule has 0 aromatic heterocycles. The van der Waals surface area contributed by atoms with Gasteiger partial charge in [0.2, 0.25) is 0 Å². The van der Waals surface area contributed by atoms with E-state index in [9.17, 15) is 10.2 Å². The highest BCUT2D eigenvalue weighted by molar-refractivity contribution is 6.61. The topological polar surface area (TPSA) is 89.9 Å². The molecule has 3 aromatic carbocycles. The number of aryl methyl sites for hydroxylation is 1. The van der Waals surface area contributed by atoms with Gasteiger partial charge in [0.05, 0.1) is 19.0 Å². The number of benzene rings is 3. The molecule has 8 nitrogen and oxygen atoms in total. The number of aliphatic hydroxyl groups excluding tert-OH is 2. The monoisotopic (exact) mass is 549 g/mol. The molecule has 0 atom stereocenters. The van der Waals surface area contributed by atoms with Crippen molar-refractivity contribution in [1.29, 1.82) is 0 Å². The Morgan fingerprint density at radius 2 is 1.62 bits per heavy atom. The zero-order chi connectivity index (χ0) is 28.6. The molecule has 0 bridgehead atoms. The van der Waals surface area contributed by atoms with Gasteiger partial charge in [-0.1, -0.05) is 30.3 Å². The molecule has 3 aromatic rings. The molecule has 1 aliphatic rings. The largest absolute Gasteiger partial charge is 0.636 e. The molecule has 1 heterocycles. The minimum atomic E-state index is -1.04. The standard InChI is InChI=1S/C30H33BFNO7/c1-5-36-13-14-37-26-15-20(2)29(21(3)30(26)32)23-8-6-7-22(16-23)19-38-25-11-9-24(10-12-25)31-39-27(34)17-33(4)18-28(35)40-31/h6-12,15-18,34-35H,5,13-14,19H2,1-4H3/b27-17-,28-18-. The van der Waals surface area contributed by atoms with Gasteiger partial charge in [-0.2, -0.15) is 0 Å². The molecule has 40 heavy (non-hydrogen) atoms. The second-order valence-electron chi connectivity index (χ2n) is 9.28. The van der Waals surface area contributed by atoms with E-state index in [0.717, 1.165) is 22.3 Å². The molecule has 0 spiro atoms. The van der Waals surface area contributed by atoms with Gasteiger partial charge < -0.3 is 38.6 Å². The zero-order valence-electron chi connectivity index (χ0n) is 23.0. The first-order chi connectivity index (χ1) is 19.2. The van der Waals surface area contributed by atoms with Crippen LogP contribution in [0, 0.1) is 19.7 Å². The normalized spacial score (nSPS) is 16.0. The quantitative estimate of drug-likeness (QED) is 0.254. The summed E-state index contributed by atoms with van der Waals surface area (Å²) in [5, 5.41) is 19.9. The van der Waals surface area contributed by atoms with Crippen LogP contribution in [0.15, 0.2) is 78.9 Å². The van der Waals surface area contributed by atoms with Gasteiger partial charge in [-0.25, -0.2) is 4.39 Å². The summed E-state index contributed by atoms with van der Waals surface area (Å²) in [6.07, 6.45) is 2.61. The average molecular weight is 549 g/mol. The van der Waals surface area contributed by atoms with Gasteiger partial charge in [0.15, 0.2) is 11.6 Å². The summed E-state index contributed by atoms with van der Waals surface area (Å²) in [5.74, 6) is -0.264. The van der Waals surface area contributed by atoms with E-state index in [2.05, 4.69) is 0 Å². The van der Waals surface area contributed by atoms with Crippen molar-refractivity contribution in [2.75, 3.05) is 26.9 Å². The van der Waals surface area contributed by atoms with Gasteiger partial charge in [0, 0.05) is 19.1 Å². The highest BCUT2D eigenvalue weighted by atomic mass is 19.1. The first-order valence-corrected chi connectivity index (χ1v) is 12.9.